The zero-order chi connectivity index (χ0) is 9.35. The van der Waals surface area contributed by atoms with Crippen LogP contribution in [0, 0.1) is 0 Å². The van der Waals surface area contributed by atoms with Crippen molar-refractivity contribution < 1.29 is 8.78 Å². The van der Waals surface area contributed by atoms with Gasteiger partial charge in [-0.05, 0) is 22.9 Å². The first-order chi connectivity index (χ1) is 5.44. The van der Waals surface area contributed by atoms with Gasteiger partial charge in [0.25, 0.3) is 6.43 Å². The Hall–Kier alpha value is -0.0700. The van der Waals surface area contributed by atoms with Gasteiger partial charge in [-0.15, -0.1) is 11.3 Å². The van der Waals surface area contributed by atoms with Crippen molar-refractivity contribution in [2.24, 2.45) is 5.73 Å². The zero-order valence-corrected chi connectivity index (χ0v) is 8.62. The van der Waals surface area contributed by atoms with Gasteiger partial charge in [-0.3, -0.25) is 0 Å². The van der Waals surface area contributed by atoms with Gasteiger partial charge >= 0.3 is 0 Å². The third-order valence-corrected chi connectivity index (χ3v) is 2.85. The minimum Gasteiger partial charge on any atom is -0.316 e. The molecule has 0 aliphatic rings. The van der Waals surface area contributed by atoms with Crippen molar-refractivity contribution in [1.82, 2.24) is 4.98 Å². The minimum absolute atomic E-state index is 0.217. The number of rotatable bonds is 2. The van der Waals surface area contributed by atoms with Crippen LogP contribution >= 0.6 is 27.3 Å². The van der Waals surface area contributed by atoms with Gasteiger partial charge in [0.2, 0.25) is 0 Å². The molecule has 0 aromatic carbocycles. The Labute approximate surface area is 80.9 Å². The van der Waals surface area contributed by atoms with Gasteiger partial charge in [-0.25, -0.2) is 13.8 Å². The molecule has 2 nitrogen and oxygen atoms in total. The molecule has 1 rings (SSSR count). The largest absolute Gasteiger partial charge is 0.316 e. The molecule has 1 aromatic heterocycles. The third-order valence-electron chi connectivity index (χ3n) is 1.48. The minimum atomic E-state index is -2.61. The predicted octanol–water partition coefficient (Wildman–Crippen LogP) is 2.34. The highest BCUT2D eigenvalue weighted by atomic mass is 79.9. The van der Waals surface area contributed by atoms with E-state index in [-0.39, 0.29) is 5.69 Å². The summed E-state index contributed by atoms with van der Waals surface area (Å²) in [6.07, 6.45) is -2.61. The molecule has 0 fully saturated rings. The normalized spacial score (nSPS) is 16.5. The molecule has 1 heterocycles. The van der Waals surface area contributed by atoms with Crippen LogP contribution in [0.4, 0.5) is 8.78 Å². The van der Waals surface area contributed by atoms with Gasteiger partial charge < -0.3 is 5.73 Å². The molecule has 68 valence electrons. The first kappa shape index (κ1) is 10.0. The lowest BCUT2D eigenvalue weighted by Crippen LogP contribution is -2.40. The van der Waals surface area contributed by atoms with E-state index in [9.17, 15) is 8.78 Å². The van der Waals surface area contributed by atoms with Crippen LogP contribution in [0.1, 0.15) is 12.6 Å². The molecule has 0 spiro atoms. The molecule has 0 radical (unpaired) electrons. The molecule has 12 heavy (non-hydrogen) atoms. The maximum absolute atomic E-state index is 12.3. The SMILES string of the molecule is CC(N)(c1csc(Br)n1)C(F)F. The lowest BCUT2D eigenvalue weighted by molar-refractivity contribution is 0.0604. The van der Waals surface area contributed by atoms with Crippen molar-refractivity contribution in [3.63, 3.8) is 0 Å². The molecule has 0 amide bonds. The van der Waals surface area contributed by atoms with E-state index in [4.69, 9.17) is 5.73 Å². The number of hydrogen-bond acceptors (Lipinski definition) is 3. The molecule has 0 aliphatic carbocycles. The lowest BCUT2D eigenvalue weighted by atomic mass is 10.0. The maximum atomic E-state index is 12.3. The van der Waals surface area contributed by atoms with Crippen LogP contribution in [-0.4, -0.2) is 11.4 Å². The van der Waals surface area contributed by atoms with Crippen LogP contribution in [0.2, 0.25) is 0 Å². The molecule has 1 aromatic rings. The van der Waals surface area contributed by atoms with Gasteiger partial charge in [0, 0.05) is 5.38 Å². The van der Waals surface area contributed by atoms with Gasteiger partial charge in [-0.2, -0.15) is 0 Å². The second-order valence-electron chi connectivity index (χ2n) is 2.57. The Kier molecular flexibility index (Phi) is 2.80. The van der Waals surface area contributed by atoms with Crippen LogP contribution in [0.3, 0.4) is 0 Å². The molecule has 6 heteroatoms. The summed E-state index contributed by atoms with van der Waals surface area (Å²) < 4.78 is 25.2. The zero-order valence-electron chi connectivity index (χ0n) is 6.22. The summed E-state index contributed by atoms with van der Waals surface area (Å²) >= 11 is 4.32. The summed E-state index contributed by atoms with van der Waals surface area (Å²) in [7, 11) is 0. The second kappa shape index (κ2) is 3.35. The summed E-state index contributed by atoms with van der Waals surface area (Å²) in [5, 5.41) is 1.52. The fourth-order valence-corrected chi connectivity index (χ4v) is 1.75. The highest BCUT2D eigenvalue weighted by Gasteiger charge is 2.34. The number of hydrogen-bond donors (Lipinski definition) is 1. The first-order valence-electron chi connectivity index (χ1n) is 3.13. The molecule has 0 saturated carbocycles. The molecule has 0 aliphatic heterocycles. The monoisotopic (exact) mass is 256 g/mol. The second-order valence-corrected chi connectivity index (χ2v) is 4.70. The van der Waals surface area contributed by atoms with Crippen molar-refractivity contribution >= 4 is 27.3 Å². The van der Waals surface area contributed by atoms with Crippen molar-refractivity contribution in [1.29, 1.82) is 0 Å². The number of nitrogens with two attached hydrogens (primary N) is 1. The molecule has 1 unspecified atom stereocenters. The van der Waals surface area contributed by atoms with Gasteiger partial charge in [0.15, 0.2) is 3.92 Å². The lowest BCUT2D eigenvalue weighted by Gasteiger charge is -2.20. The van der Waals surface area contributed by atoms with Gasteiger partial charge in [-0.1, -0.05) is 0 Å². The van der Waals surface area contributed by atoms with Crippen molar-refractivity contribution in [2.45, 2.75) is 18.9 Å². The van der Waals surface area contributed by atoms with Crippen molar-refractivity contribution in [3.05, 3.63) is 15.0 Å². The molecule has 1 atom stereocenters. The van der Waals surface area contributed by atoms with Crippen LogP contribution in [0.25, 0.3) is 0 Å². The molecular weight excluding hydrogens is 250 g/mol. The summed E-state index contributed by atoms with van der Waals surface area (Å²) in [6, 6.07) is 0. The Balaban J connectivity index is 2.97. The van der Waals surface area contributed by atoms with E-state index in [0.717, 1.165) is 0 Å². The van der Waals surface area contributed by atoms with E-state index in [1.807, 2.05) is 0 Å². The maximum Gasteiger partial charge on any atom is 0.261 e. The Morgan fingerprint density at radius 1 is 1.75 bits per heavy atom. The van der Waals surface area contributed by atoms with E-state index >= 15 is 0 Å². The number of halogens is 3. The number of nitrogens with zero attached hydrogens (tertiary/aromatic N) is 1. The number of thiazole rings is 1. The molecule has 0 bridgehead atoms. The van der Waals surface area contributed by atoms with Crippen LogP contribution in [-0.2, 0) is 5.54 Å². The van der Waals surface area contributed by atoms with E-state index in [0.29, 0.717) is 3.92 Å². The van der Waals surface area contributed by atoms with Crippen LogP contribution in [0.15, 0.2) is 9.30 Å². The predicted molar refractivity (Wildman–Crippen MR) is 47.4 cm³/mol. The topological polar surface area (TPSA) is 38.9 Å². The van der Waals surface area contributed by atoms with Crippen molar-refractivity contribution in [3.8, 4) is 0 Å². The summed E-state index contributed by atoms with van der Waals surface area (Å²) in [6.45, 7) is 1.26. The fourth-order valence-electron chi connectivity index (χ4n) is 0.611. The Morgan fingerprint density at radius 2 is 2.33 bits per heavy atom. The Morgan fingerprint density at radius 3 is 2.67 bits per heavy atom. The van der Waals surface area contributed by atoms with E-state index < -0.39 is 12.0 Å². The highest BCUT2D eigenvalue weighted by molar-refractivity contribution is 9.11. The summed E-state index contributed by atoms with van der Waals surface area (Å²) in [4.78, 5) is 3.83. The average Bonchev–Trinajstić information content (AvgIpc) is 2.35. The number of alkyl halides is 2. The standard InChI is InChI=1S/C6H7BrF2N2S/c1-6(10,4(8)9)3-2-12-5(7)11-3/h2,4H,10H2,1H3. The van der Waals surface area contributed by atoms with Crippen LogP contribution in [0.5, 0.6) is 0 Å². The molecule has 2 N–H and O–H groups in total. The summed E-state index contributed by atoms with van der Waals surface area (Å²) in [5.74, 6) is 0. The Bertz CT molecular complexity index is 274. The highest BCUT2D eigenvalue weighted by Crippen LogP contribution is 2.28. The van der Waals surface area contributed by atoms with Crippen LogP contribution < -0.4 is 5.73 Å². The summed E-state index contributed by atoms with van der Waals surface area (Å²) in [5.41, 5.74) is 3.93. The molecular formula is C6H7BrF2N2S. The van der Waals surface area contributed by atoms with Gasteiger partial charge in [0.05, 0.1) is 5.69 Å². The first-order valence-corrected chi connectivity index (χ1v) is 4.80. The molecule has 0 saturated heterocycles. The van der Waals surface area contributed by atoms with Crippen molar-refractivity contribution in [2.75, 3.05) is 0 Å². The third kappa shape index (κ3) is 1.81. The smallest absolute Gasteiger partial charge is 0.261 e. The van der Waals surface area contributed by atoms with E-state index in [1.165, 1.54) is 23.6 Å². The average molecular weight is 257 g/mol. The van der Waals surface area contributed by atoms with E-state index in [2.05, 4.69) is 20.9 Å². The van der Waals surface area contributed by atoms with E-state index in [1.54, 1.807) is 0 Å². The number of aromatic nitrogens is 1. The van der Waals surface area contributed by atoms with Gasteiger partial charge in [0.1, 0.15) is 5.54 Å². The fraction of sp³-hybridized carbons (Fsp3) is 0.500. The quantitative estimate of drug-likeness (QED) is 0.883.